The minimum atomic E-state index is -0.236. The molecule has 1 saturated heterocycles. The van der Waals surface area contributed by atoms with E-state index in [0.29, 0.717) is 6.54 Å². The van der Waals surface area contributed by atoms with Gasteiger partial charge in [0.2, 0.25) is 5.91 Å². The summed E-state index contributed by atoms with van der Waals surface area (Å²) in [7, 11) is 1.92. The normalized spacial score (nSPS) is 16.5. The van der Waals surface area contributed by atoms with Crippen molar-refractivity contribution in [3.8, 4) is 0 Å². The van der Waals surface area contributed by atoms with Gasteiger partial charge in [-0.1, -0.05) is 12.1 Å². The molecule has 1 aromatic rings. The summed E-state index contributed by atoms with van der Waals surface area (Å²) in [5.74, 6) is -0.0801. The zero-order chi connectivity index (χ0) is 14.5. The second-order valence-electron chi connectivity index (χ2n) is 5.27. The fraction of sp³-hybridized carbons (Fsp3) is 0.533. The van der Waals surface area contributed by atoms with E-state index in [-0.39, 0.29) is 30.2 Å². The molecule has 1 unspecified atom stereocenters. The minimum Gasteiger partial charge on any atom is -0.339 e. The van der Waals surface area contributed by atoms with Crippen molar-refractivity contribution in [2.75, 3.05) is 39.8 Å². The molecule has 0 aliphatic carbocycles. The number of nitrogens with one attached hydrogen (secondary N) is 1. The first-order chi connectivity index (χ1) is 9.58. The van der Waals surface area contributed by atoms with Gasteiger partial charge in [0.05, 0.1) is 6.54 Å². The summed E-state index contributed by atoms with van der Waals surface area (Å²) in [6.45, 7) is 5.69. The molecule has 0 saturated carbocycles. The maximum atomic E-state index is 12.9. The number of halogens is 2. The Labute approximate surface area is 131 Å². The summed E-state index contributed by atoms with van der Waals surface area (Å²) in [4.78, 5) is 16.1. The molecule has 1 heterocycles. The van der Waals surface area contributed by atoms with E-state index in [9.17, 15) is 9.18 Å². The predicted molar refractivity (Wildman–Crippen MR) is 84.1 cm³/mol. The first-order valence-electron chi connectivity index (χ1n) is 7.02. The van der Waals surface area contributed by atoms with Crippen LogP contribution in [0.4, 0.5) is 4.39 Å². The van der Waals surface area contributed by atoms with E-state index in [1.165, 1.54) is 12.1 Å². The van der Waals surface area contributed by atoms with Gasteiger partial charge in [-0.2, -0.15) is 0 Å². The number of piperazine rings is 1. The second-order valence-corrected chi connectivity index (χ2v) is 5.27. The monoisotopic (exact) mass is 315 g/mol. The van der Waals surface area contributed by atoms with Gasteiger partial charge in [0.1, 0.15) is 5.82 Å². The van der Waals surface area contributed by atoms with Gasteiger partial charge in [-0.3, -0.25) is 9.69 Å². The Bertz CT molecular complexity index is 449. The van der Waals surface area contributed by atoms with E-state index in [4.69, 9.17) is 0 Å². The number of carbonyl (C=O) groups is 1. The van der Waals surface area contributed by atoms with Gasteiger partial charge in [-0.15, -0.1) is 12.4 Å². The van der Waals surface area contributed by atoms with Gasteiger partial charge in [0.25, 0.3) is 0 Å². The molecule has 1 atom stereocenters. The van der Waals surface area contributed by atoms with Crippen LogP contribution in [0.2, 0.25) is 0 Å². The minimum absolute atomic E-state index is 0. The molecule has 0 radical (unpaired) electrons. The molecule has 4 nitrogen and oxygen atoms in total. The van der Waals surface area contributed by atoms with Crippen molar-refractivity contribution in [2.45, 2.75) is 13.0 Å². The van der Waals surface area contributed by atoms with Crippen molar-refractivity contribution in [1.82, 2.24) is 15.1 Å². The summed E-state index contributed by atoms with van der Waals surface area (Å²) in [6.07, 6.45) is 0. The molecule has 1 N–H and O–H groups in total. The number of amides is 1. The maximum Gasteiger partial charge on any atom is 0.236 e. The fourth-order valence-electron chi connectivity index (χ4n) is 2.36. The Morgan fingerprint density at radius 2 is 1.90 bits per heavy atom. The van der Waals surface area contributed by atoms with Gasteiger partial charge < -0.3 is 10.2 Å². The van der Waals surface area contributed by atoms with Crippen LogP contribution in [-0.2, 0) is 4.79 Å². The molecule has 21 heavy (non-hydrogen) atoms. The summed E-state index contributed by atoms with van der Waals surface area (Å²) in [5, 5.41) is 3.23. The van der Waals surface area contributed by atoms with E-state index in [2.05, 4.69) is 5.32 Å². The molecule has 1 aliphatic rings. The molecule has 6 heteroatoms. The Kier molecular flexibility index (Phi) is 7.08. The highest BCUT2D eigenvalue weighted by atomic mass is 35.5. The van der Waals surface area contributed by atoms with Crippen molar-refractivity contribution >= 4 is 18.3 Å². The lowest BCUT2D eigenvalue weighted by Crippen LogP contribution is -2.49. The molecule has 2 rings (SSSR count). The standard InChI is InChI=1S/C15H22FN3O.ClH/c1-12(13-3-5-14(16)6-4-13)18(2)11-15(20)19-9-7-17-8-10-19;/h3-6,12,17H,7-11H2,1-2H3;1H. The topological polar surface area (TPSA) is 35.6 Å². The maximum absolute atomic E-state index is 12.9. The summed E-state index contributed by atoms with van der Waals surface area (Å²) in [6, 6.07) is 6.54. The average molecular weight is 316 g/mol. The molecule has 0 bridgehead atoms. The second kappa shape index (κ2) is 8.32. The van der Waals surface area contributed by atoms with Gasteiger partial charge in [0.15, 0.2) is 0 Å². The van der Waals surface area contributed by atoms with Gasteiger partial charge in [-0.25, -0.2) is 4.39 Å². The van der Waals surface area contributed by atoms with Crippen molar-refractivity contribution in [3.63, 3.8) is 0 Å². The molecule has 1 amide bonds. The Balaban J connectivity index is 0.00000220. The number of nitrogens with zero attached hydrogens (tertiary/aromatic N) is 2. The van der Waals surface area contributed by atoms with E-state index in [1.807, 2.05) is 23.8 Å². The molecule has 1 aromatic carbocycles. The summed E-state index contributed by atoms with van der Waals surface area (Å²) >= 11 is 0. The van der Waals surface area contributed by atoms with E-state index in [0.717, 1.165) is 31.7 Å². The van der Waals surface area contributed by atoms with Crippen LogP contribution in [-0.4, -0.2) is 55.5 Å². The SMILES string of the molecule is CC(c1ccc(F)cc1)N(C)CC(=O)N1CCNCC1.Cl. The summed E-state index contributed by atoms with van der Waals surface area (Å²) in [5.41, 5.74) is 1.02. The van der Waals surface area contributed by atoms with Gasteiger partial charge in [-0.05, 0) is 31.7 Å². The average Bonchev–Trinajstić information content (AvgIpc) is 2.48. The Hall–Kier alpha value is -1.17. The third kappa shape index (κ3) is 4.95. The first-order valence-corrected chi connectivity index (χ1v) is 7.02. The van der Waals surface area contributed by atoms with E-state index in [1.54, 1.807) is 12.1 Å². The number of benzene rings is 1. The van der Waals surface area contributed by atoms with Crippen LogP contribution >= 0.6 is 12.4 Å². The lowest BCUT2D eigenvalue weighted by molar-refractivity contribution is -0.133. The first kappa shape index (κ1) is 17.9. The molecular weight excluding hydrogens is 293 g/mol. The smallest absolute Gasteiger partial charge is 0.236 e. The van der Waals surface area contributed by atoms with Crippen LogP contribution < -0.4 is 5.32 Å². The van der Waals surface area contributed by atoms with Crippen molar-refractivity contribution in [2.24, 2.45) is 0 Å². The lowest BCUT2D eigenvalue weighted by Gasteiger charge is -2.31. The van der Waals surface area contributed by atoms with Gasteiger partial charge in [0, 0.05) is 32.2 Å². The highest BCUT2D eigenvalue weighted by molar-refractivity contribution is 5.85. The largest absolute Gasteiger partial charge is 0.339 e. The third-order valence-corrected chi connectivity index (χ3v) is 3.87. The van der Waals surface area contributed by atoms with Crippen molar-refractivity contribution < 1.29 is 9.18 Å². The molecule has 0 spiro atoms. The summed E-state index contributed by atoms with van der Waals surface area (Å²) < 4.78 is 12.9. The number of rotatable bonds is 4. The van der Waals surface area contributed by atoms with E-state index >= 15 is 0 Å². The fourth-order valence-corrected chi connectivity index (χ4v) is 2.36. The van der Waals surface area contributed by atoms with Crippen LogP contribution in [0.1, 0.15) is 18.5 Å². The highest BCUT2D eigenvalue weighted by Crippen LogP contribution is 2.18. The predicted octanol–water partition coefficient (Wildman–Crippen LogP) is 1.67. The van der Waals surface area contributed by atoms with Crippen LogP contribution in [0.15, 0.2) is 24.3 Å². The molecular formula is C15H23ClFN3O. The third-order valence-electron chi connectivity index (χ3n) is 3.87. The van der Waals surface area contributed by atoms with Crippen molar-refractivity contribution in [1.29, 1.82) is 0 Å². The van der Waals surface area contributed by atoms with E-state index < -0.39 is 0 Å². The van der Waals surface area contributed by atoms with Crippen LogP contribution in [0.5, 0.6) is 0 Å². The van der Waals surface area contributed by atoms with Crippen LogP contribution in [0.25, 0.3) is 0 Å². The number of hydrogen-bond donors (Lipinski definition) is 1. The highest BCUT2D eigenvalue weighted by Gasteiger charge is 2.20. The van der Waals surface area contributed by atoms with Crippen LogP contribution in [0, 0.1) is 5.82 Å². The molecule has 1 fully saturated rings. The zero-order valence-electron chi connectivity index (χ0n) is 12.5. The quantitative estimate of drug-likeness (QED) is 0.918. The lowest BCUT2D eigenvalue weighted by atomic mass is 10.1. The Morgan fingerprint density at radius 1 is 1.33 bits per heavy atom. The molecule has 1 aliphatic heterocycles. The molecule has 118 valence electrons. The number of carbonyl (C=O) groups excluding carboxylic acids is 1. The van der Waals surface area contributed by atoms with Crippen LogP contribution in [0.3, 0.4) is 0 Å². The number of hydrogen-bond acceptors (Lipinski definition) is 3. The number of likely N-dealkylation sites (N-methyl/N-ethyl adjacent to an activating group) is 1. The zero-order valence-corrected chi connectivity index (χ0v) is 13.3. The molecule has 0 aromatic heterocycles. The van der Waals surface area contributed by atoms with Gasteiger partial charge >= 0.3 is 0 Å². The Morgan fingerprint density at radius 3 is 2.48 bits per heavy atom. The van der Waals surface area contributed by atoms with Crippen molar-refractivity contribution in [3.05, 3.63) is 35.6 Å².